The molecule has 2 rings (SSSR count). The number of ether oxygens (including phenoxy) is 1. The van der Waals surface area contributed by atoms with E-state index >= 15 is 0 Å². The van der Waals surface area contributed by atoms with Gasteiger partial charge in [0.05, 0.1) is 25.6 Å². The largest absolute Gasteiger partial charge is 0.481 e. The van der Waals surface area contributed by atoms with E-state index < -0.39 is 17.8 Å². The summed E-state index contributed by atoms with van der Waals surface area (Å²) >= 11 is 1.25. The van der Waals surface area contributed by atoms with Crippen LogP contribution >= 0.6 is 11.3 Å². The molecule has 2 aromatic rings. The molecule has 0 aliphatic rings. The molecule has 0 saturated heterocycles. The monoisotopic (exact) mass is 337 g/mol. The van der Waals surface area contributed by atoms with Crippen LogP contribution in [-0.2, 0) is 16.1 Å². The third kappa shape index (κ3) is 3.95. The van der Waals surface area contributed by atoms with Crippen molar-refractivity contribution >= 4 is 34.2 Å². The maximum absolute atomic E-state index is 12.3. The van der Waals surface area contributed by atoms with Crippen LogP contribution in [-0.4, -0.2) is 39.8 Å². The maximum Gasteiger partial charge on any atom is 0.340 e. The van der Waals surface area contributed by atoms with Crippen molar-refractivity contribution in [2.75, 3.05) is 12.4 Å². The average molecular weight is 337 g/mol. The number of hydrogen-bond acceptors (Lipinski definition) is 6. The zero-order valence-electron chi connectivity index (χ0n) is 12.5. The summed E-state index contributed by atoms with van der Waals surface area (Å²) in [5.41, 5.74) is 0.494. The predicted molar refractivity (Wildman–Crippen MR) is 82.8 cm³/mol. The number of carboxylic acid groups (broad SMARTS) is 1. The van der Waals surface area contributed by atoms with Gasteiger partial charge in [0.25, 0.3) is 5.91 Å². The number of amides is 1. The lowest BCUT2D eigenvalue weighted by Crippen LogP contribution is -2.19. The summed E-state index contributed by atoms with van der Waals surface area (Å²) in [4.78, 5) is 35.5. The maximum atomic E-state index is 12.3. The first-order valence-electron chi connectivity index (χ1n) is 6.66. The highest BCUT2D eigenvalue weighted by atomic mass is 32.1. The topological polar surface area (TPSA) is 111 Å². The van der Waals surface area contributed by atoms with Crippen LogP contribution in [0.15, 0.2) is 18.3 Å². The first-order chi connectivity index (χ1) is 10.9. The molecule has 0 saturated carbocycles. The van der Waals surface area contributed by atoms with E-state index in [1.165, 1.54) is 35.4 Å². The van der Waals surface area contributed by atoms with E-state index in [-0.39, 0.29) is 24.2 Å². The lowest BCUT2D eigenvalue weighted by Gasteiger charge is -2.07. The van der Waals surface area contributed by atoms with Crippen LogP contribution in [0.5, 0.6) is 0 Å². The molecule has 8 nitrogen and oxygen atoms in total. The second kappa shape index (κ2) is 7.05. The van der Waals surface area contributed by atoms with Crippen molar-refractivity contribution < 1.29 is 24.2 Å². The van der Waals surface area contributed by atoms with Crippen LogP contribution in [0.1, 0.15) is 32.1 Å². The van der Waals surface area contributed by atoms with E-state index in [4.69, 9.17) is 5.11 Å². The van der Waals surface area contributed by atoms with Gasteiger partial charge in [-0.3, -0.25) is 14.3 Å². The fourth-order valence-corrected chi connectivity index (χ4v) is 2.84. The zero-order chi connectivity index (χ0) is 17.0. The van der Waals surface area contributed by atoms with Crippen molar-refractivity contribution in [1.29, 1.82) is 0 Å². The first-order valence-corrected chi connectivity index (χ1v) is 7.47. The Labute approximate surface area is 135 Å². The van der Waals surface area contributed by atoms with Crippen molar-refractivity contribution in [3.63, 3.8) is 0 Å². The Bertz CT molecular complexity index is 749. The molecule has 0 radical (unpaired) electrons. The normalized spacial score (nSPS) is 10.3. The molecule has 9 heteroatoms. The molecule has 0 bridgehead atoms. The number of aliphatic carboxylic acids is 1. The van der Waals surface area contributed by atoms with Crippen LogP contribution in [0.2, 0.25) is 0 Å². The minimum absolute atomic E-state index is 0.0818. The van der Waals surface area contributed by atoms with E-state index in [1.807, 2.05) is 6.92 Å². The summed E-state index contributed by atoms with van der Waals surface area (Å²) in [5, 5.41) is 15.7. The summed E-state index contributed by atoms with van der Waals surface area (Å²) in [7, 11) is 1.27. The Hall–Kier alpha value is -2.68. The van der Waals surface area contributed by atoms with Crippen LogP contribution in [0, 0.1) is 6.92 Å². The number of aromatic nitrogens is 2. The molecule has 0 unspecified atom stereocenters. The Morgan fingerprint density at radius 2 is 2.17 bits per heavy atom. The van der Waals surface area contributed by atoms with Gasteiger partial charge in [0.15, 0.2) is 0 Å². The van der Waals surface area contributed by atoms with Crippen LogP contribution in [0.3, 0.4) is 0 Å². The van der Waals surface area contributed by atoms with E-state index in [0.29, 0.717) is 5.00 Å². The molecule has 0 aromatic carbocycles. The lowest BCUT2D eigenvalue weighted by molar-refractivity contribution is -0.137. The molecule has 0 aliphatic heterocycles. The van der Waals surface area contributed by atoms with Crippen LogP contribution in [0.4, 0.5) is 5.00 Å². The van der Waals surface area contributed by atoms with Crippen LogP contribution in [0.25, 0.3) is 0 Å². The van der Waals surface area contributed by atoms with E-state index in [2.05, 4.69) is 15.2 Å². The number of anilines is 1. The van der Waals surface area contributed by atoms with E-state index in [1.54, 1.807) is 6.07 Å². The van der Waals surface area contributed by atoms with Crippen molar-refractivity contribution in [2.24, 2.45) is 0 Å². The van der Waals surface area contributed by atoms with Gasteiger partial charge in [-0.05, 0) is 19.1 Å². The number of carbonyl (C=O) groups excluding carboxylic acids is 2. The number of hydrogen-bond donors (Lipinski definition) is 2. The molecule has 2 heterocycles. The Morgan fingerprint density at radius 3 is 2.83 bits per heavy atom. The van der Waals surface area contributed by atoms with Crippen molar-refractivity contribution in [3.8, 4) is 0 Å². The lowest BCUT2D eigenvalue weighted by atomic mass is 10.3. The number of carbonyl (C=O) groups is 3. The van der Waals surface area contributed by atoms with Gasteiger partial charge in [-0.15, -0.1) is 11.3 Å². The van der Waals surface area contributed by atoms with Gasteiger partial charge in [0, 0.05) is 11.1 Å². The number of methoxy groups -OCH3 is 1. The van der Waals surface area contributed by atoms with Crippen molar-refractivity contribution in [2.45, 2.75) is 19.9 Å². The van der Waals surface area contributed by atoms with Crippen molar-refractivity contribution in [3.05, 3.63) is 34.5 Å². The highest BCUT2D eigenvalue weighted by Gasteiger charge is 2.20. The quantitative estimate of drug-likeness (QED) is 0.777. The molecule has 23 heavy (non-hydrogen) atoms. The summed E-state index contributed by atoms with van der Waals surface area (Å²) in [6.07, 6.45) is 1.27. The number of rotatable bonds is 6. The number of esters is 1. The van der Waals surface area contributed by atoms with Crippen LogP contribution < -0.4 is 5.32 Å². The summed E-state index contributed by atoms with van der Waals surface area (Å²) in [6.45, 7) is 1.89. The Morgan fingerprint density at radius 1 is 1.43 bits per heavy atom. The number of thiophene rings is 1. The van der Waals surface area contributed by atoms with Gasteiger partial charge < -0.3 is 15.2 Å². The van der Waals surface area contributed by atoms with Gasteiger partial charge in [0.2, 0.25) is 0 Å². The van der Waals surface area contributed by atoms with Crippen molar-refractivity contribution in [1.82, 2.24) is 9.78 Å². The number of nitrogens with one attached hydrogen (secondary N) is 1. The second-order valence-electron chi connectivity index (χ2n) is 4.63. The number of nitrogens with zero attached hydrogens (tertiary/aromatic N) is 2. The van der Waals surface area contributed by atoms with Gasteiger partial charge in [-0.25, -0.2) is 4.79 Å². The second-order valence-corrected chi connectivity index (χ2v) is 5.89. The average Bonchev–Trinajstić information content (AvgIpc) is 3.10. The molecule has 1 amide bonds. The van der Waals surface area contributed by atoms with E-state index in [9.17, 15) is 14.4 Å². The summed E-state index contributed by atoms with van der Waals surface area (Å²) < 4.78 is 5.99. The molecule has 0 aliphatic carbocycles. The minimum atomic E-state index is -0.978. The van der Waals surface area contributed by atoms with E-state index in [0.717, 1.165) is 4.88 Å². The molecule has 0 fully saturated rings. The smallest absolute Gasteiger partial charge is 0.340 e. The first kappa shape index (κ1) is 16.7. The molecular formula is C14H15N3O5S. The molecule has 122 valence electrons. The van der Waals surface area contributed by atoms with Gasteiger partial charge in [0.1, 0.15) is 10.7 Å². The summed E-state index contributed by atoms with van der Waals surface area (Å²) in [5.74, 6) is -1.99. The molecule has 2 aromatic heterocycles. The van der Waals surface area contributed by atoms with Gasteiger partial charge in [-0.2, -0.15) is 5.10 Å². The molecular weight excluding hydrogens is 322 g/mol. The Kier molecular flexibility index (Phi) is 5.12. The summed E-state index contributed by atoms with van der Waals surface area (Å²) in [6, 6.07) is 3.11. The number of carboxylic acids is 1. The zero-order valence-corrected chi connectivity index (χ0v) is 13.3. The third-order valence-corrected chi connectivity index (χ3v) is 3.94. The fraction of sp³-hybridized carbons (Fsp3) is 0.286. The third-order valence-electron chi connectivity index (χ3n) is 2.97. The SMILES string of the molecule is COC(=O)c1cc(C)sc1NC(=O)c1ccnn1CCC(=O)O. The molecule has 0 atom stereocenters. The standard InChI is InChI=1S/C14H15N3O5S/c1-8-7-9(14(21)22-2)13(23-8)16-12(20)10-3-5-15-17(10)6-4-11(18)19/h3,5,7H,4,6H2,1-2H3,(H,16,20)(H,18,19). The molecule has 0 spiro atoms. The highest BCUT2D eigenvalue weighted by molar-refractivity contribution is 7.16. The molecule has 2 N–H and O–H groups in total. The highest BCUT2D eigenvalue weighted by Crippen LogP contribution is 2.28. The van der Waals surface area contributed by atoms with Gasteiger partial charge >= 0.3 is 11.9 Å². The number of aryl methyl sites for hydroxylation is 2. The fourth-order valence-electron chi connectivity index (χ4n) is 1.94. The minimum Gasteiger partial charge on any atom is -0.481 e. The Balaban J connectivity index is 2.19. The predicted octanol–water partition coefficient (Wildman–Crippen LogP) is 1.77. The van der Waals surface area contributed by atoms with Gasteiger partial charge in [-0.1, -0.05) is 0 Å².